The monoisotopic (exact) mass is 410 g/mol. The van der Waals surface area contributed by atoms with Crippen molar-refractivity contribution in [2.24, 2.45) is 0 Å². The van der Waals surface area contributed by atoms with Crippen LogP contribution < -0.4 is 4.72 Å². The minimum absolute atomic E-state index is 0.360. The van der Waals surface area contributed by atoms with E-state index in [2.05, 4.69) is 4.74 Å². The SMILES string of the molecule is O=C(CNS(=O)(=O)c1cccc(C(F)(F)F)c1)OCC(=O)N1CCOCC1. The predicted molar refractivity (Wildman–Crippen MR) is 85.0 cm³/mol. The first-order chi connectivity index (χ1) is 12.6. The largest absolute Gasteiger partial charge is 0.455 e. The molecule has 1 fully saturated rings. The van der Waals surface area contributed by atoms with Gasteiger partial charge in [-0.2, -0.15) is 17.9 Å². The highest BCUT2D eigenvalue weighted by Gasteiger charge is 2.31. The van der Waals surface area contributed by atoms with Gasteiger partial charge in [0.05, 0.1) is 23.7 Å². The van der Waals surface area contributed by atoms with Gasteiger partial charge in [0.1, 0.15) is 6.54 Å². The lowest BCUT2D eigenvalue weighted by Gasteiger charge is -2.26. The zero-order valence-electron chi connectivity index (χ0n) is 14.0. The van der Waals surface area contributed by atoms with E-state index in [0.717, 1.165) is 18.2 Å². The summed E-state index contributed by atoms with van der Waals surface area (Å²) in [5, 5.41) is 0. The molecule has 1 aromatic carbocycles. The number of hydrogen-bond acceptors (Lipinski definition) is 6. The molecular weight excluding hydrogens is 393 g/mol. The molecule has 27 heavy (non-hydrogen) atoms. The number of carbonyl (C=O) groups excluding carboxylic acids is 2. The fourth-order valence-corrected chi connectivity index (χ4v) is 3.19. The number of sulfonamides is 1. The Morgan fingerprint density at radius 1 is 1.22 bits per heavy atom. The van der Waals surface area contributed by atoms with Gasteiger partial charge in [-0.05, 0) is 18.2 Å². The Labute approximate surface area is 153 Å². The van der Waals surface area contributed by atoms with Crippen molar-refractivity contribution in [3.63, 3.8) is 0 Å². The van der Waals surface area contributed by atoms with Gasteiger partial charge in [0.2, 0.25) is 10.0 Å². The molecule has 150 valence electrons. The van der Waals surface area contributed by atoms with Crippen molar-refractivity contribution in [3.8, 4) is 0 Å². The zero-order chi connectivity index (χ0) is 20.1. The molecule has 0 spiro atoms. The maximum atomic E-state index is 12.7. The molecule has 12 heteroatoms. The number of ether oxygens (including phenoxy) is 2. The normalized spacial score (nSPS) is 15.4. The Kier molecular flexibility index (Phi) is 6.78. The van der Waals surface area contributed by atoms with Gasteiger partial charge in [0.15, 0.2) is 6.61 Å². The molecule has 0 saturated carbocycles. The van der Waals surface area contributed by atoms with E-state index in [-0.39, 0.29) is 0 Å². The number of alkyl halides is 3. The van der Waals surface area contributed by atoms with Gasteiger partial charge in [0.25, 0.3) is 5.91 Å². The zero-order valence-corrected chi connectivity index (χ0v) is 14.8. The molecule has 0 bridgehead atoms. The number of hydrogen-bond donors (Lipinski definition) is 1. The first-order valence-corrected chi connectivity index (χ1v) is 9.26. The van der Waals surface area contributed by atoms with Gasteiger partial charge >= 0.3 is 12.1 Å². The molecule has 0 aliphatic carbocycles. The standard InChI is InChI=1S/C15H17F3N2O6S/c16-15(17,18)11-2-1-3-12(8-11)27(23,24)19-9-14(22)26-10-13(21)20-4-6-25-7-5-20/h1-3,8,19H,4-7,9-10H2. The predicted octanol–water partition coefficient (Wildman–Crippen LogP) is 0.386. The van der Waals surface area contributed by atoms with Gasteiger partial charge in [-0.15, -0.1) is 0 Å². The van der Waals surface area contributed by atoms with E-state index in [0.29, 0.717) is 32.4 Å². The lowest BCUT2D eigenvalue weighted by atomic mass is 10.2. The number of nitrogens with one attached hydrogen (secondary N) is 1. The molecule has 2 rings (SSSR count). The van der Waals surface area contributed by atoms with E-state index in [1.807, 2.05) is 4.72 Å². The van der Waals surface area contributed by atoms with E-state index >= 15 is 0 Å². The average Bonchev–Trinajstić information content (AvgIpc) is 2.64. The van der Waals surface area contributed by atoms with Crippen LogP contribution >= 0.6 is 0 Å². The number of amides is 1. The van der Waals surface area contributed by atoms with Crippen molar-refractivity contribution in [2.45, 2.75) is 11.1 Å². The van der Waals surface area contributed by atoms with Crippen molar-refractivity contribution < 1.29 is 40.7 Å². The highest BCUT2D eigenvalue weighted by Crippen LogP contribution is 2.30. The third-order valence-electron chi connectivity index (χ3n) is 3.60. The number of halogens is 3. The fraction of sp³-hybridized carbons (Fsp3) is 0.467. The summed E-state index contributed by atoms with van der Waals surface area (Å²) in [7, 11) is -4.36. The van der Waals surface area contributed by atoms with Gasteiger partial charge in [0, 0.05) is 13.1 Å². The molecule has 1 amide bonds. The molecule has 0 unspecified atom stereocenters. The Bertz CT molecular complexity index is 791. The van der Waals surface area contributed by atoms with Crippen molar-refractivity contribution in [2.75, 3.05) is 39.5 Å². The Morgan fingerprint density at radius 3 is 2.52 bits per heavy atom. The Hall–Kier alpha value is -2.18. The van der Waals surface area contributed by atoms with Crippen LogP contribution in [0.15, 0.2) is 29.2 Å². The van der Waals surface area contributed by atoms with Crippen molar-refractivity contribution >= 4 is 21.9 Å². The second-order valence-corrected chi connectivity index (χ2v) is 7.27. The molecule has 0 atom stereocenters. The highest BCUT2D eigenvalue weighted by atomic mass is 32.2. The number of benzene rings is 1. The van der Waals surface area contributed by atoms with E-state index in [9.17, 15) is 31.2 Å². The van der Waals surface area contributed by atoms with Crippen molar-refractivity contribution in [3.05, 3.63) is 29.8 Å². The third kappa shape index (κ3) is 6.19. The molecule has 1 aliphatic heterocycles. The summed E-state index contributed by atoms with van der Waals surface area (Å²) in [5.41, 5.74) is -1.14. The van der Waals surface area contributed by atoms with E-state index < -0.39 is 51.7 Å². The van der Waals surface area contributed by atoms with Crippen molar-refractivity contribution in [1.29, 1.82) is 0 Å². The molecule has 1 heterocycles. The van der Waals surface area contributed by atoms with Gasteiger partial charge in [-0.25, -0.2) is 8.42 Å². The minimum Gasteiger partial charge on any atom is -0.455 e. The maximum Gasteiger partial charge on any atom is 0.416 e. The van der Waals surface area contributed by atoms with E-state index in [1.165, 1.54) is 4.90 Å². The molecule has 0 radical (unpaired) electrons. The quantitative estimate of drug-likeness (QED) is 0.681. The topological polar surface area (TPSA) is 102 Å². The summed E-state index contributed by atoms with van der Waals surface area (Å²) < 4.78 is 73.7. The lowest BCUT2D eigenvalue weighted by molar-refractivity contribution is -0.152. The smallest absolute Gasteiger partial charge is 0.416 e. The van der Waals surface area contributed by atoms with Crippen LogP contribution in [0.1, 0.15) is 5.56 Å². The van der Waals surface area contributed by atoms with Crippen molar-refractivity contribution in [1.82, 2.24) is 9.62 Å². The van der Waals surface area contributed by atoms with Gasteiger partial charge in [-0.3, -0.25) is 9.59 Å². The summed E-state index contributed by atoms with van der Waals surface area (Å²) in [5.74, 6) is -1.49. The first kappa shape index (κ1) is 21.1. The van der Waals surface area contributed by atoms with Gasteiger partial charge in [-0.1, -0.05) is 6.07 Å². The third-order valence-corrected chi connectivity index (χ3v) is 5.00. The Morgan fingerprint density at radius 2 is 1.89 bits per heavy atom. The van der Waals surface area contributed by atoms with Gasteiger partial charge < -0.3 is 14.4 Å². The fourth-order valence-electron chi connectivity index (χ4n) is 2.17. The number of carbonyl (C=O) groups is 2. The summed E-state index contributed by atoms with van der Waals surface area (Å²) in [6.45, 7) is 0.0726. The van der Waals surface area contributed by atoms with Crippen LogP contribution in [0.2, 0.25) is 0 Å². The van der Waals surface area contributed by atoms with Crippen LogP contribution in [0, 0.1) is 0 Å². The van der Waals surface area contributed by atoms with E-state index in [4.69, 9.17) is 4.74 Å². The highest BCUT2D eigenvalue weighted by molar-refractivity contribution is 7.89. The number of esters is 1. The van der Waals surface area contributed by atoms with Crippen LogP contribution in [0.5, 0.6) is 0 Å². The first-order valence-electron chi connectivity index (χ1n) is 7.78. The molecular formula is C15H17F3N2O6S. The molecule has 1 aliphatic rings. The minimum atomic E-state index is -4.70. The summed E-state index contributed by atoms with van der Waals surface area (Å²) >= 11 is 0. The number of nitrogens with zero attached hydrogens (tertiary/aromatic N) is 1. The lowest BCUT2D eigenvalue weighted by Crippen LogP contribution is -2.43. The van der Waals surface area contributed by atoms with E-state index in [1.54, 1.807) is 0 Å². The second-order valence-electron chi connectivity index (χ2n) is 5.50. The van der Waals surface area contributed by atoms with Crippen LogP contribution in [0.3, 0.4) is 0 Å². The summed E-state index contributed by atoms with van der Waals surface area (Å²) in [4.78, 5) is 24.2. The Balaban J connectivity index is 1.87. The van der Waals surface area contributed by atoms with Crippen LogP contribution in [0.25, 0.3) is 0 Å². The van der Waals surface area contributed by atoms with Crippen LogP contribution in [0.4, 0.5) is 13.2 Å². The number of rotatable bonds is 6. The molecule has 0 aromatic heterocycles. The summed E-state index contributed by atoms with van der Waals surface area (Å²) in [6.07, 6.45) is -4.70. The molecule has 8 nitrogen and oxygen atoms in total. The van der Waals surface area contributed by atoms with Crippen LogP contribution in [-0.2, 0) is 35.3 Å². The molecule has 1 N–H and O–H groups in total. The number of morpholine rings is 1. The summed E-state index contributed by atoms with van der Waals surface area (Å²) in [6, 6.07) is 3.09. The molecule has 1 aromatic rings. The average molecular weight is 410 g/mol. The maximum absolute atomic E-state index is 12.7. The van der Waals surface area contributed by atoms with Crippen LogP contribution in [-0.4, -0.2) is 64.6 Å². The second kappa shape index (κ2) is 8.67. The molecule has 1 saturated heterocycles.